The molecule has 10 heavy (non-hydrogen) atoms. The van der Waals surface area contributed by atoms with E-state index in [1.807, 2.05) is 0 Å². The van der Waals surface area contributed by atoms with Gasteiger partial charge in [0.15, 0.2) is 0 Å². The lowest BCUT2D eigenvalue weighted by Crippen LogP contribution is -1.90. The molecule has 0 aliphatic rings. The molecule has 0 saturated heterocycles. The smallest absolute Gasteiger partial charge is 0.218 e. The molecule has 0 unspecified atom stereocenters. The first kappa shape index (κ1) is 7.95. The molecule has 0 bridgehead atoms. The number of nitrogens with zero attached hydrogens (tertiary/aromatic N) is 1. The number of hydrogen-bond acceptors (Lipinski definition) is 1. The van der Waals surface area contributed by atoms with E-state index in [2.05, 4.69) is 20.9 Å². The minimum Gasteiger partial charge on any atom is -0.228 e. The second-order valence-corrected chi connectivity index (χ2v) is 2.66. The average Bonchev–Trinajstić information content (AvgIpc) is 1.88. The predicted octanol–water partition coefficient (Wildman–Crippen LogP) is 2.77. The van der Waals surface area contributed by atoms with E-state index < -0.39 is 5.95 Å². The maximum absolute atomic E-state index is 12.6. The highest BCUT2D eigenvalue weighted by atomic mass is 79.9. The largest absolute Gasteiger partial charge is 0.228 e. The van der Waals surface area contributed by atoms with E-state index in [-0.39, 0.29) is 0 Å². The Labute approximate surface area is 71.4 Å². The predicted molar refractivity (Wildman–Crippen MR) is 41.8 cm³/mol. The number of aromatic nitrogens is 1. The lowest BCUT2D eigenvalue weighted by atomic mass is 10.3. The Morgan fingerprint density at radius 3 is 2.80 bits per heavy atom. The molecule has 1 rings (SSSR count). The molecule has 1 aromatic rings. The fourth-order valence-corrected chi connectivity index (χ4v) is 1.46. The van der Waals surface area contributed by atoms with E-state index in [1.54, 1.807) is 6.07 Å². The SMILES string of the molecule is Fc1nccc(Cl)c1CBr. The summed E-state index contributed by atoms with van der Waals surface area (Å²) < 4.78 is 12.6. The van der Waals surface area contributed by atoms with Crippen molar-refractivity contribution in [1.82, 2.24) is 4.98 Å². The number of rotatable bonds is 1. The molecule has 0 atom stereocenters. The Bertz CT molecular complexity index is 221. The van der Waals surface area contributed by atoms with E-state index in [9.17, 15) is 4.39 Å². The zero-order chi connectivity index (χ0) is 7.56. The van der Waals surface area contributed by atoms with Gasteiger partial charge in [0.05, 0.1) is 5.02 Å². The van der Waals surface area contributed by atoms with Crippen LogP contribution in [-0.2, 0) is 5.33 Å². The standard InChI is InChI=1S/C6H4BrClFN/c7-3-4-5(8)1-2-10-6(4)9/h1-2H,3H2. The second-order valence-electron chi connectivity index (χ2n) is 1.70. The van der Waals surface area contributed by atoms with Crippen LogP contribution >= 0.6 is 27.5 Å². The van der Waals surface area contributed by atoms with E-state index in [1.165, 1.54) is 6.20 Å². The van der Waals surface area contributed by atoms with Crippen molar-refractivity contribution < 1.29 is 4.39 Å². The number of pyridine rings is 1. The van der Waals surface area contributed by atoms with Crippen molar-refractivity contribution >= 4 is 27.5 Å². The maximum atomic E-state index is 12.6. The lowest BCUT2D eigenvalue weighted by Gasteiger charge is -1.97. The van der Waals surface area contributed by atoms with Gasteiger partial charge in [0, 0.05) is 17.1 Å². The van der Waals surface area contributed by atoms with E-state index in [0.717, 1.165) is 0 Å². The molecule has 0 aliphatic heterocycles. The van der Waals surface area contributed by atoms with Gasteiger partial charge in [-0.25, -0.2) is 4.98 Å². The summed E-state index contributed by atoms with van der Waals surface area (Å²) in [5, 5.41) is 0.801. The maximum Gasteiger partial charge on any atom is 0.218 e. The van der Waals surface area contributed by atoms with Crippen LogP contribution in [0.3, 0.4) is 0 Å². The van der Waals surface area contributed by atoms with Crippen molar-refractivity contribution in [3.8, 4) is 0 Å². The summed E-state index contributed by atoms with van der Waals surface area (Å²) in [6.07, 6.45) is 1.34. The summed E-state index contributed by atoms with van der Waals surface area (Å²) in [4.78, 5) is 3.43. The van der Waals surface area contributed by atoms with Crippen LogP contribution in [-0.4, -0.2) is 4.98 Å². The van der Waals surface area contributed by atoms with Crippen molar-refractivity contribution in [2.75, 3.05) is 0 Å². The summed E-state index contributed by atoms with van der Waals surface area (Å²) in [5.41, 5.74) is 0.407. The number of halogens is 3. The molecule has 0 spiro atoms. The van der Waals surface area contributed by atoms with Crippen LogP contribution in [0.5, 0.6) is 0 Å². The van der Waals surface area contributed by atoms with Crippen LogP contribution in [0.4, 0.5) is 4.39 Å². The lowest BCUT2D eigenvalue weighted by molar-refractivity contribution is 0.574. The summed E-state index contributed by atoms with van der Waals surface area (Å²) in [6, 6.07) is 1.56. The molecular weight excluding hydrogens is 220 g/mol. The highest BCUT2D eigenvalue weighted by molar-refractivity contribution is 9.08. The molecule has 0 N–H and O–H groups in total. The highest BCUT2D eigenvalue weighted by Crippen LogP contribution is 2.19. The average molecular weight is 224 g/mol. The Morgan fingerprint density at radius 1 is 1.70 bits per heavy atom. The van der Waals surface area contributed by atoms with E-state index in [4.69, 9.17) is 11.6 Å². The first-order chi connectivity index (χ1) is 4.75. The fraction of sp³-hybridized carbons (Fsp3) is 0.167. The van der Waals surface area contributed by atoms with Crippen LogP contribution in [0.1, 0.15) is 5.56 Å². The molecule has 1 aromatic heterocycles. The van der Waals surface area contributed by atoms with Crippen molar-refractivity contribution in [1.29, 1.82) is 0 Å². The van der Waals surface area contributed by atoms with Gasteiger partial charge < -0.3 is 0 Å². The van der Waals surface area contributed by atoms with Crippen LogP contribution < -0.4 is 0 Å². The van der Waals surface area contributed by atoms with Gasteiger partial charge in [0.1, 0.15) is 0 Å². The Kier molecular flexibility index (Phi) is 2.63. The zero-order valence-corrected chi connectivity index (χ0v) is 7.28. The molecule has 0 fully saturated rings. The quantitative estimate of drug-likeness (QED) is 0.528. The van der Waals surface area contributed by atoms with Gasteiger partial charge in [-0.05, 0) is 6.07 Å². The van der Waals surface area contributed by atoms with Gasteiger partial charge in [-0.3, -0.25) is 0 Å². The minimum atomic E-state index is -0.510. The normalized spacial score (nSPS) is 9.90. The third kappa shape index (κ3) is 1.47. The molecule has 1 nitrogen and oxygen atoms in total. The first-order valence-corrected chi connectivity index (χ1v) is 4.10. The van der Waals surface area contributed by atoms with E-state index >= 15 is 0 Å². The van der Waals surface area contributed by atoms with Crippen LogP contribution in [0, 0.1) is 5.95 Å². The summed E-state index contributed by atoms with van der Waals surface area (Å²) in [7, 11) is 0. The fourth-order valence-electron chi connectivity index (χ4n) is 0.564. The first-order valence-electron chi connectivity index (χ1n) is 2.60. The third-order valence-electron chi connectivity index (χ3n) is 1.08. The Balaban J connectivity index is 3.17. The summed E-state index contributed by atoms with van der Waals surface area (Å²) in [6.45, 7) is 0. The molecule has 0 saturated carbocycles. The van der Waals surface area contributed by atoms with Gasteiger partial charge in [0.2, 0.25) is 5.95 Å². The van der Waals surface area contributed by atoms with Gasteiger partial charge in [-0.1, -0.05) is 27.5 Å². The van der Waals surface area contributed by atoms with Crippen LogP contribution in [0.15, 0.2) is 12.3 Å². The monoisotopic (exact) mass is 223 g/mol. The zero-order valence-electron chi connectivity index (χ0n) is 4.94. The third-order valence-corrected chi connectivity index (χ3v) is 1.99. The molecule has 0 amide bonds. The molecule has 1 heterocycles. The van der Waals surface area contributed by atoms with Gasteiger partial charge in [0.25, 0.3) is 0 Å². The number of alkyl halides is 1. The molecular formula is C6H4BrClFN. The van der Waals surface area contributed by atoms with E-state index in [0.29, 0.717) is 15.9 Å². The van der Waals surface area contributed by atoms with Crippen molar-refractivity contribution in [2.24, 2.45) is 0 Å². The van der Waals surface area contributed by atoms with Crippen molar-refractivity contribution in [3.05, 3.63) is 28.8 Å². The van der Waals surface area contributed by atoms with Gasteiger partial charge >= 0.3 is 0 Å². The Hall–Kier alpha value is -0.150. The van der Waals surface area contributed by atoms with Crippen LogP contribution in [0.2, 0.25) is 5.02 Å². The molecule has 0 aliphatic carbocycles. The van der Waals surface area contributed by atoms with Crippen LogP contribution in [0.25, 0.3) is 0 Å². The number of hydrogen-bond donors (Lipinski definition) is 0. The molecule has 54 valence electrons. The minimum absolute atomic E-state index is 0.394. The molecule has 0 aromatic carbocycles. The second kappa shape index (κ2) is 3.30. The molecule has 4 heteroatoms. The van der Waals surface area contributed by atoms with Gasteiger partial charge in [-0.2, -0.15) is 4.39 Å². The summed E-state index contributed by atoms with van der Waals surface area (Å²) in [5.74, 6) is -0.510. The van der Waals surface area contributed by atoms with Crippen molar-refractivity contribution in [2.45, 2.75) is 5.33 Å². The topological polar surface area (TPSA) is 12.9 Å². The Morgan fingerprint density at radius 2 is 2.40 bits per heavy atom. The highest BCUT2D eigenvalue weighted by Gasteiger charge is 2.04. The van der Waals surface area contributed by atoms with Crippen molar-refractivity contribution in [3.63, 3.8) is 0 Å². The molecule has 0 radical (unpaired) electrons. The summed E-state index contributed by atoms with van der Waals surface area (Å²) >= 11 is 8.71. The van der Waals surface area contributed by atoms with Gasteiger partial charge in [-0.15, -0.1) is 0 Å².